The normalized spacial score (nSPS) is 26.6. The zero-order valence-electron chi connectivity index (χ0n) is 19.7. The fourth-order valence-electron chi connectivity index (χ4n) is 6.05. The molecule has 0 unspecified atom stereocenters. The molecule has 2 aromatic rings. The first-order valence-electron chi connectivity index (χ1n) is 12.4. The van der Waals surface area contributed by atoms with Crippen molar-refractivity contribution >= 4 is 17.6 Å². The first-order valence-corrected chi connectivity index (χ1v) is 12.8. The van der Waals surface area contributed by atoms with E-state index in [2.05, 4.69) is 13.0 Å². The van der Waals surface area contributed by atoms with Crippen LogP contribution >= 0.6 is 11.6 Å². The Morgan fingerprint density at radius 3 is 2.65 bits per heavy atom. The van der Waals surface area contributed by atoms with Crippen molar-refractivity contribution in [1.29, 1.82) is 0 Å². The number of aliphatic hydroxyl groups excluding tert-OH is 2. The summed E-state index contributed by atoms with van der Waals surface area (Å²) in [5.74, 6) is -0.642. The van der Waals surface area contributed by atoms with E-state index >= 15 is 0 Å². The number of rotatable bonds is 10. The summed E-state index contributed by atoms with van der Waals surface area (Å²) in [6.45, 7) is 1.78. The Kier molecular flexibility index (Phi) is 7.86. The van der Waals surface area contributed by atoms with Gasteiger partial charge in [0.1, 0.15) is 5.75 Å². The maximum atomic E-state index is 11.3. The molecule has 5 nitrogen and oxygen atoms in total. The van der Waals surface area contributed by atoms with Gasteiger partial charge in [-0.25, -0.2) is 4.79 Å². The number of ether oxygens (including phenoxy) is 1. The largest absolute Gasteiger partial charge is 0.482 e. The third-order valence-corrected chi connectivity index (χ3v) is 8.33. The second kappa shape index (κ2) is 10.7. The van der Waals surface area contributed by atoms with Gasteiger partial charge in [-0.15, -0.1) is 11.6 Å². The fraction of sp³-hybridized carbons (Fsp3) is 0.536. The van der Waals surface area contributed by atoms with Crippen molar-refractivity contribution in [2.75, 3.05) is 6.61 Å². The first kappa shape index (κ1) is 25.0. The van der Waals surface area contributed by atoms with Crippen LogP contribution in [0.25, 0.3) is 0 Å². The highest BCUT2D eigenvalue weighted by Gasteiger charge is 2.45. The van der Waals surface area contributed by atoms with E-state index in [9.17, 15) is 15.0 Å². The van der Waals surface area contributed by atoms with Crippen molar-refractivity contribution < 1.29 is 24.9 Å². The molecule has 0 amide bonds. The van der Waals surface area contributed by atoms with Crippen LogP contribution in [-0.4, -0.2) is 39.4 Å². The summed E-state index contributed by atoms with van der Waals surface area (Å²) in [4.78, 5) is 10.8. The lowest BCUT2D eigenvalue weighted by molar-refractivity contribution is -0.139. The van der Waals surface area contributed by atoms with Gasteiger partial charge in [0, 0.05) is 16.7 Å². The van der Waals surface area contributed by atoms with Gasteiger partial charge in [-0.05, 0) is 66.8 Å². The van der Waals surface area contributed by atoms with Crippen molar-refractivity contribution in [3.63, 3.8) is 0 Å². The molecular formula is C28H35ClO5. The maximum Gasteiger partial charge on any atom is 0.341 e. The van der Waals surface area contributed by atoms with E-state index in [0.29, 0.717) is 18.6 Å². The topological polar surface area (TPSA) is 87.0 Å². The maximum absolute atomic E-state index is 11.3. The molecule has 0 heterocycles. The molecule has 34 heavy (non-hydrogen) atoms. The minimum absolute atomic E-state index is 0.00656. The number of hydrogen-bond donors (Lipinski definition) is 3. The number of alkyl halides is 1. The fourth-order valence-corrected chi connectivity index (χ4v) is 6.47. The van der Waals surface area contributed by atoms with Crippen LogP contribution in [0.15, 0.2) is 48.5 Å². The Hall–Kier alpha value is -2.08. The lowest BCUT2D eigenvalue weighted by Crippen LogP contribution is -2.36. The molecule has 2 fully saturated rings. The highest BCUT2D eigenvalue weighted by Crippen LogP contribution is 2.54. The third kappa shape index (κ3) is 5.27. The highest BCUT2D eigenvalue weighted by molar-refractivity contribution is 6.21. The smallest absolute Gasteiger partial charge is 0.341 e. The number of aliphatic hydroxyl groups is 2. The number of aliphatic carboxylic acids is 1. The highest BCUT2D eigenvalue weighted by atomic mass is 35.5. The van der Waals surface area contributed by atoms with Gasteiger partial charge in [-0.3, -0.25) is 0 Å². The molecule has 0 saturated heterocycles. The lowest BCUT2D eigenvalue weighted by Gasteiger charge is -2.46. The van der Waals surface area contributed by atoms with Crippen LogP contribution in [0.1, 0.15) is 74.2 Å². The summed E-state index contributed by atoms with van der Waals surface area (Å²) in [7, 11) is 0. The Morgan fingerprint density at radius 2 is 1.97 bits per heavy atom. The van der Waals surface area contributed by atoms with Crippen molar-refractivity contribution in [2.45, 2.75) is 75.4 Å². The van der Waals surface area contributed by atoms with Gasteiger partial charge < -0.3 is 20.1 Å². The average Bonchev–Trinajstić information content (AvgIpc) is 3.07. The molecule has 0 bridgehead atoms. The SMILES string of the molecule is CCCC1([C@H](O)c2cccc([C@@H]3[C@@H](Cc4cccc(OCC(=O)O)c4)[C@H](Cl)C[C@H]3O)c2)CCC1. The van der Waals surface area contributed by atoms with Gasteiger partial charge in [0.15, 0.2) is 6.61 Å². The van der Waals surface area contributed by atoms with Crippen molar-refractivity contribution in [2.24, 2.45) is 11.3 Å². The summed E-state index contributed by atoms with van der Waals surface area (Å²) in [6, 6.07) is 15.5. The van der Waals surface area contributed by atoms with E-state index in [0.717, 1.165) is 42.4 Å². The van der Waals surface area contributed by atoms with Gasteiger partial charge in [-0.1, -0.05) is 56.2 Å². The number of carboxylic acid groups (broad SMARTS) is 1. The Bertz CT molecular complexity index is 988. The molecule has 2 saturated carbocycles. The molecule has 0 radical (unpaired) electrons. The molecule has 5 atom stereocenters. The zero-order chi connectivity index (χ0) is 24.3. The molecule has 6 heteroatoms. The van der Waals surface area contributed by atoms with Gasteiger partial charge in [0.2, 0.25) is 0 Å². The molecule has 4 rings (SSSR count). The second-order valence-electron chi connectivity index (χ2n) is 10.1. The quantitative estimate of drug-likeness (QED) is 0.388. The van der Waals surface area contributed by atoms with E-state index in [1.807, 2.05) is 36.4 Å². The lowest BCUT2D eigenvalue weighted by atomic mass is 9.61. The van der Waals surface area contributed by atoms with Crippen molar-refractivity contribution in [1.82, 2.24) is 0 Å². The number of carbonyl (C=O) groups is 1. The standard InChI is InChI=1S/C28H35ClO5/c1-2-10-28(11-5-12-28)27(33)20-8-4-7-19(15-20)26-22(23(29)16-24(26)30)14-18-6-3-9-21(13-18)34-17-25(31)32/h3-4,6-9,13,15,22-24,26-27,30,33H,2,5,10-12,14,16-17H2,1H3,(H,31,32)/t22-,23+,24+,26+,27+/m0/s1. The number of halogens is 1. The number of benzene rings is 2. The summed E-state index contributed by atoms with van der Waals surface area (Å²) < 4.78 is 5.33. The molecule has 2 aliphatic rings. The van der Waals surface area contributed by atoms with E-state index in [-0.39, 0.29) is 29.2 Å². The second-order valence-corrected chi connectivity index (χ2v) is 10.6. The first-order chi connectivity index (χ1) is 16.3. The molecule has 184 valence electrons. The average molecular weight is 487 g/mol. The molecule has 2 aromatic carbocycles. The molecular weight excluding hydrogens is 452 g/mol. The monoisotopic (exact) mass is 486 g/mol. The molecule has 0 aromatic heterocycles. The third-order valence-electron chi connectivity index (χ3n) is 7.83. The number of carboxylic acids is 1. The number of hydrogen-bond acceptors (Lipinski definition) is 4. The van der Waals surface area contributed by atoms with Crippen molar-refractivity contribution in [3.05, 3.63) is 65.2 Å². The summed E-state index contributed by atoms with van der Waals surface area (Å²) in [6.07, 6.45) is 5.48. The summed E-state index contributed by atoms with van der Waals surface area (Å²) in [5.41, 5.74) is 2.91. The van der Waals surface area contributed by atoms with E-state index in [4.69, 9.17) is 21.4 Å². The molecule has 0 aliphatic heterocycles. The van der Waals surface area contributed by atoms with E-state index in [1.54, 1.807) is 6.07 Å². The minimum Gasteiger partial charge on any atom is -0.482 e. The van der Waals surface area contributed by atoms with Crippen LogP contribution in [0.3, 0.4) is 0 Å². The summed E-state index contributed by atoms with van der Waals surface area (Å²) >= 11 is 6.74. The van der Waals surface area contributed by atoms with E-state index < -0.39 is 18.2 Å². The molecule has 0 spiro atoms. The predicted molar refractivity (Wildman–Crippen MR) is 132 cm³/mol. The van der Waals surface area contributed by atoms with Crippen LogP contribution in [0, 0.1) is 11.3 Å². The summed E-state index contributed by atoms with van der Waals surface area (Å²) in [5, 5.41) is 30.9. The van der Waals surface area contributed by atoms with E-state index in [1.165, 1.54) is 6.42 Å². The predicted octanol–water partition coefficient (Wildman–Crippen LogP) is 5.47. The molecule has 3 N–H and O–H groups in total. The van der Waals surface area contributed by atoms with Crippen LogP contribution < -0.4 is 4.74 Å². The van der Waals surface area contributed by atoms with Crippen molar-refractivity contribution in [3.8, 4) is 5.75 Å². The van der Waals surface area contributed by atoms with Gasteiger partial charge in [-0.2, -0.15) is 0 Å². The minimum atomic E-state index is -1.02. The Morgan fingerprint density at radius 1 is 1.21 bits per heavy atom. The zero-order valence-corrected chi connectivity index (χ0v) is 20.5. The Labute approximate surface area is 206 Å². The van der Waals surface area contributed by atoms with Gasteiger partial charge in [0.05, 0.1) is 12.2 Å². The van der Waals surface area contributed by atoms with Crippen LogP contribution in [0.5, 0.6) is 5.75 Å². The van der Waals surface area contributed by atoms with Gasteiger partial charge in [0.25, 0.3) is 0 Å². The Balaban J connectivity index is 1.55. The molecule has 2 aliphatic carbocycles. The van der Waals surface area contributed by atoms with Crippen LogP contribution in [-0.2, 0) is 11.2 Å². The van der Waals surface area contributed by atoms with Gasteiger partial charge >= 0.3 is 5.97 Å². The van der Waals surface area contributed by atoms with Crippen LogP contribution in [0.4, 0.5) is 0 Å². The van der Waals surface area contributed by atoms with Crippen LogP contribution in [0.2, 0.25) is 0 Å².